The Labute approximate surface area is 124 Å². The number of aryl methyl sites for hydroxylation is 1. The van der Waals surface area contributed by atoms with Crippen LogP contribution in [0.25, 0.3) is 0 Å². The molecule has 2 rings (SSSR count). The van der Waals surface area contributed by atoms with E-state index in [4.69, 9.17) is 5.73 Å². The van der Waals surface area contributed by atoms with Crippen molar-refractivity contribution in [3.8, 4) is 0 Å². The maximum Gasteiger partial charge on any atom is 0.188 e. The summed E-state index contributed by atoms with van der Waals surface area (Å²) in [5.41, 5.74) is 5.76. The zero-order valence-corrected chi connectivity index (χ0v) is 13.0. The summed E-state index contributed by atoms with van der Waals surface area (Å²) in [5, 5.41) is 7.27. The van der Waals surface area contributed by atoms with Gasteiger partial charge in [-0.15, -0.1) is 24.0 Å². The molecular formula is C11H21IN6. The van der Waals surface area contributed by atoms with Crippen molar-refractivity contribution in [2.75, 3.05) is 13.1 Å². The predicted molar refractivity (Wildman–Crippen MR) is 82.0 cm³/mol. The Kier molecular flexibility index (Phi) is 6.37. The van der Waals surface area contributed by atoms with Gasteiger partial charge in [0.2, 0.25) is 0 Å². The number of hydrogen-bond acceptors (Lipinski definition) is 3. The number of rotatable bonds is 5. The molecule has 18 heavy (non-hydrogen) atoms. The molecule has 1 aromatic rings. The molecule has 1 saturated carbocycles. The van der Waals surface area contributed by atoms with Crippen molar-refractivity contribution in [2.24, 2.45) is 23.7 Å². The van der Waals surface area contributed by atoms with E-state index in [2.05, 4.69) is 20.4 Å². The summed E-state index contributed by atoms with van der Waals surface area (Å²) >= 11 is 0. The Bertz CT molecular complexity index is 385. The van der Waals surface area contributed by atoms with Crippen LogP contribution in [0.3, 0.4) is 0 Å². The Balaban J connectivity index is 0.00000162. The average Bonchev–Trinajstić information content (AvgIpc) is 2.62. The molecule has 7 heteroatoms. The number of nitrogens with one attached hydrogen (secondary N) is 1. The van der Waals surface area contributed by atoms with Crippen molar-refractivity contribution in [2.45, 2.75) is 25.7 Å². The highest BCUT2D eigenvalue weighted by molar-refractivity contribution is 14.0. The van der Waals surface area contributed by atoms with Crippen molar-refractivity contribution in [1.82, 2.24) is 20.1 Å². The molecule has 0 radical (unpaired) electrons. The second kappa shape index (κ2) is 7.55. The molecule has 0 bridgehead atoms. The molecule has 0 unspecified atom stereocenters. The quantitative estimate of drug-likeness (QED) is 0.458. The fourth-order valence-electron chi connectivity index (χ4n) is 1.76. The minimum Gasteiger partial charge on any atom is -0.370 e. The van der Waals surface area contributed by atoms with E-state index < -0.39 is 0 Å². The topological polar surface area (TPSA) is 81.1 Å². The number of hydrogen-bond donors (Lipinski definition) is 2. The van der Waals surface area contributed by atoms with Gasteiger partial charge >= 0.3 is 0 Å². The maximum absolute atomic E-state index is 5.76. The van der Waals surface area contributed by atoms with E-state index in [9.17, 15) is 0 Å². The van der Waals surface area contributed by atoms with Gasteiger partial charge in [0.25, 0.3) is 0 Å². The number of nitrogens with zero attached hydrogens (tertiary/aromatic N) is 4. The molecular weight excluding hydrogens is 343 g/mol. The zero-order valence-electron chi connectivity index (χ0n) is 10.7. The molecule has 1 heterocycles. The molecule has 0 aliphatic heterocycles. The van der Waals surface area contributed by atoms with Crippen LogP contribution in [0.2, 0.25) is 0 Å². The number of aliphatic imine (C=N–C) groups is 1. The van der Waals surface area contributed by atoms with Crippen LogP contribution in [0.1, 0.15) is 25.1 Å². The lowest BCUT2D eigenvalue weighted by Gasteiger charge is -2.23. The summed E-state index contributed by atoms with van der Waals surface area (Å²) in [6, 6.07) is 0. The lowest BCUT2D eigenvalue weighted by molar-refractivity contribution is 0.326. The highest BCUT2D eigenvalue weighted by Gasteiger charge is 2.16. The van der Waals surface area contributed by atoms with E-state index in [1.54, 1.807) is 11.0 Å². The molecule has 3 N–H and O–H groups in total. The summed E-state index contributed by atoms with van der Waals surface area (Å²) in [7, 11) is 1.86. The SMILES string of the molecule is Cn1cnc(CCNC(N)=NCC2CCC2)n1.I. The first-order valence-corrected chi connectivity index (χ1v) is 6.12. The molecule has 0 atom stereocenters. The number of guanidine groups is 1. The van der Waals surface area contributed by atoms with E-state index in [1.165, 1.54) is 19.3 Å². The first-order chi connectivity index (χ1) is 8.24. The minimum absolute atomic E-state index is 0. The van der Waals surface area contributed by atoms with Gasteiger partial charge in [-0.2, -0.15) is 5.10 Å². The highest BCUT2D eigenvalue weighted by Crippen LogP contribution is 2.26. The molecule has 1 fully saturated rings. The van der Waals surface area contributed by atoms with Crippen LogP contribution in [-0.4, -0.2) is 33.8 Å². The van der Waals surface area contributed by atoms with Crippen LogP contribution in [0.15, 0.2) is 11.3 Å². The van der Waals surface area contributed by atoms with E-state index in [1.807, 2.05) is 7.05 Å². The normalized spacial score (nSPS) is 15.9. The van der Waals surface area contributed by atoms with E-state index >= 15 is 0 Å². The van der Waals surface area contributed by atoms with Crippen molar-refractivity contribution in [3.63, 3.8) is 0 Å². The standard InChI is InChI=1S/C11H20N6.HI/c1-17-8-15-10(16-17)5-6-13-11(12)14-7-9-3-2-4-9;/h8-9H,2-7H2,1H3,(H3,12,13,14);1H. The molecule has 0 amide bonds. The van der Waals surface area contributed by atoms with Gasteiger partial charge in [-0.3, -0.25) is 9.67 Å². The Morgan fingerprint density at radius 3 is 2.94 bits per heavy atom. The third kappa shape index (κ3) is 4.79. The molecule has 6 nitrogen and oxygen atoms in total. The van der Waals surface area contributed by atoms with Gasteiger partial charge in [-0.25, -0.2) is 4.98 Å². The fourth-order valence-corrected chi connectivity index (χ4v) is 1.76. The summed E-state index contributed by atoms with van der Waals surface area (Å²) < 4.78 is 1.70. The molecule has 1 aliphatic carbocycles. The second-order valence-corrected chi connectivity index (χ2v) is 4.53. The van der Waals surface area contributed by atoms with Crippen LogP contribution in [0, 0.1) is 5.92 Å². The van der Waals surface area contributed by atoms with Gasteiger partial charge < -0.3 is 11.1 Å². The monoisotopic (exact) mass is 364 g/mol. The van der Waals surface area contributed by atoms with E-state index in [0.717, 1.165) is 31.3 Å². The lowest BCUT2D eigenvalue weighted by atomic mass is 9.86. The van der Waals surface area contributed by atoms with Gasteiger partial charge in [0.15, 0.2) is 11.8 Å². The Morgan fingerprint density at radius 2 is 2.39 bits per heavy atom. The summed E-state index contributed by atoms with van der Waals surface area (Å²) in [6.45, 7) is 1.59. The smallest absolute Gasteiger partial charge is 0.188 e. The predicted octanol–water partition coefficient (Wildman–Crippen LogP) is 0.680. The van der Waals surface area contributed by atoms with Crippen LogP contribution in [-0.2, 0) is 13.5 Å². The molecule has 0 spiro atoms. The van der Waals surface area contributed by atoms with E-state index in [-0.39, 0.29) is 24.0 Å². The maximum atomic E-state index is 5.76. The first kappa shape index (κ1) is 15.2. The van der Waals surface area contributed by atoms with Crippen LogP contribution >= 0.6 is 24.0 Å². The summed E-state index contributed by atoms with van der Waals surface area (Å²) in [5.74, 6) is 2.12. The van der Waals surface area contributed by atoms with Crippen molar-refractivity contribution in [3.05, 3.63) is 12.2 Å². The van der Waals surface area contributed by atoms with Gasteiger partial charge in [0.05, 0.1) is 0 Å². The Morgan fingerprint density at radius 1 is 1.61 bits per heavy atom. The molecule has 1 aromatic heterocycles. The summed E-state index contributed by atoms with van der Waals surface area (Å²) in [6.07, 6.45) is 6.41. The number of aromatic nitrogens is 3. The van der Waals surface area contributed by atoms with Gasteiger partial charge in [-0.1, -0.05) is 6.42 Å². The summed E-state index contributed by atoms with van der Waals surface area (Å²) in [4.78, 5) is 8.46. The lowest BCUT2D eigenvalue weighted by Crippen LogP contribution is -2.34. The fraction of sp³-hybridized carbons (Fsp3) is 0.727. The zero-order chi connectivity index (χ0) is 12.1. The average molecular weight is 364 g/mol. The van der Waals surface area contributed by atoms with Crippen molar-refractivity contribution < 1.29 is 0 Å². The number of nitrogens with two attached hydrogens (primary N) is 1. The molecule has 0 saturated heterocycles. The van der Waals surface area contributed by atoms with E-state index in [0.29, 0.717) is 5.96 Å². The number of halogens is 1. The Hall–Kier alpha value is -0.860. The van der Waals surface area contributed by atoms with Gasteiger partial charge in [0.1, 0.15) is 6.33 Å². The highest BCUT2D eigenvalue weighted by atomic mass is 127. The van der Waals surface area contributed by atoms with Gasteiger partial charge in [-0.05, 0) is 18.8 Å². The molecule has 1 aliphatic rings. The van der Waals surface area contributed by atoms with Crippen molar-refractivity contribution in [1.29, 1.82) is 0 Å². The molecule has 0 aromatic carbocycles. The third-order valence-corrected chi connectivity index (χ3v) is 3.05. The molecule has 102 valence electrons. The van der Waals surface area contributed by atoms with Crippen LogP contribution < -0.4 is 11.1 Å². The largest absolute Gasteiger partial charge is 0.370 e. The van der Waals surface area contributed by atoms with Crippen LogP contribution in [0.5, 0.6) is 0 Å². The van der Waals surface area contributed by atoms with Gasteiger partial charge in [0, 0.05) is 26.6 Å². The first-order valence-electron chi connectivity index (χ1n) is 6.12. The van der Waals surface area contributed by atoms with Crippen molar-refractivity contribution >= 4 is 29.9 Å². The second-order valence-electron chi connectivity index (χ2n) is 4.53. The van der Waals surface area contributed by atoms with Crippen LogP contribution in [0.4, 0.5) is 0 Å². The minimum atomic E-state index is 0. The third-order valence-electron chi connectivity index (χ3n) is 3.05.